The van der Waals surface area contributed by atoms with Crippen molar-refractivity contribution >= 4 is 12.2 Å². The van der Waals surface area contributed by atoms with Crippen LogP contribution in [-0.2, 0) is 4.79 Å². The zero-order valence-corrected chi connectivity index (χ0v) is 5.59. The molecule has 0 bridgehead atoms. The molecule has 0 aliphatic rings. The van der Waals surface area contributed by atoms with E-state index in [1.54, 1.807) is 6.07 Å². The minimum absolute atomic E-state index is 0.591. The van der Waals surface area contributed by atoms with E-state index in [1.807, 2.05) is 6.92 Å². The Morgan fingerprint density at radius 1 is 1.80 bits per heavy atom. The average molecular weight is 135 g/mol. The van der Waals surface area contributed by atoms with E-state index in [0.29, 0.717) is 12.2 Å². The first-order valence-electron chi connectivity index (χ1n) is 2.87. The predicted octanol–water partition coefficient (Wildman–Crippen LogP) is 0.759. The molecule has 0 atom stereocenters. The summed E-state index contributed by atoms with van der Waals surface area (Å²) in [5.41, 5.74) is 0.912. The monoisotopic (exact) mass is 135 g/mol. The van der Waals surface area contributed by atoms with Crippen molar-refractivity contribution in [3.8, 4) is 0 Å². The van der Waals surface area contributed by atoms with Crippen molar-refractivity contribution in [1.29, 1.82) is 0 Å². The molecule has 1 radical (unpaired) electrons. The number of hydrogen-bond donors (Lipinski definition) is 1. The Morgan fingerprint density at radius 2 is 2.60 bits per heavy atom. The van der Waals surface area contributed by atoms with Crippen LogP contribution in [0.15, 0.2) is 12.3 Å². The van der Waals surface area contributed by atoms with Gasteiger partial charge < -0.3 is 5.32 Å². The van der Waals surface area contributed by atoms with Crippen molar-refractivity contribution in [2.45, 2.75) is 6.92 Å². The van der Waals surface area contributed by atoms with Gasteiger partial charge >= 0.3 is 0 Å². The Hall–Kier alpha value is -1.38. The molecular formula is C7H7N2O. The van der Waals surface area contributed by atoms with Crippen molar-refractivity contribution in [2.75, 3.05) is 5.32 Å². The number of carbonyl (C=O) groups excluding carboxylic acids is 1. The van der Waals surface area contributed by atoms with Gasteiger partial charge in [-0.25, -0.2) is 4.98 Å². The number of rotatable bonds is 2. The van der Waals surface area contributed by atoms with E-state index in [1.165, 1.54) is 6.20 Å². The molecule has 3 nitrogen and oxygen atoms in total. The Labute approximate surface area is 59.1 Å². The Bertz CT molecular complexity index is 235. The Kier molecular flexibility index (Phi) is 1.99. The third-order valence-corrected chi connectivity index (χ3v) is 1.14. The third kappa shape index (κ3) is 1.31. The highest BCUT2D eigenvalue weighted by Crippen LogP contribution is 2.06. The lowest BCUT2D eigenvalue weighted by Gasteiger charge is -1.98. The number of hydrogen-bond acceptors (Lipinski definition) is 2. The number of pyridine rings is 1. The standard InChI is InChI=1S/C7H7N2O/c1-6-3-2-4-8-7(6)9-5-10/h3-5H,1H3,(H,8,9,10). The fourth-order valence-electron chi connectivity index (χ4n) is 0.641. The summed E-state index contributed by atoms with van der Waals surface area (Å²) in [4.78, 5) is 13.8. The number of carbonyl (C=O) groups is 1. The molecule has 0 saturated carbocycles. The Morgan fingerprint density at radius 3 is 3.20 bits per heavy atom. The van der Waals surface area contributed by atoms with E-state index in [2.05, 4.69) is 16.4 Å². The number of aromatic nitrogens is 1. The molecule has 0 aliphatic heterocycles. The van der Waals surface area contributed by atoms with E-state index in [-0.39, 0.29) is 0 Å². The topological polar surface area (TPSA) is 42.0 Å². The van der Waals surface area contributed by atoms with Crippen LogP contribution in [-0.4, -0.2) is 11.4 Å². The lowest BCUT2D eigenvalue weighted by molar-refractivity contribution is -0.105. The second kappa shape index (κ2) is 2.96. The molecule has 1 heterocycles. The van der Waals surface area contributed by atoms with Crippen LogP contribution in [0.1, 0.15) is 5.56 Å². The summed E-state index contributed by atoms with van der Waals surface area (Å²) in [5, 5.41) is 2.46. The maximum absolute atomic E-state index is 9.97. The number of anilines is 1. The van der Waals surface area contributed by atoms with E-state index >= 15 is 0 Å². The molecule has 51 valence electrons. The van der Waals surface area contributed by atoms with Crippen LogP contribution in [0.5, 0.6) is 0 Å². The minimum atomic E-state index is 0.591. The van der Waals surface area contributed by atoms with Crippen LogP contribution in [0.2, 0.25) is 0 Å². The van der Waals surface area contributed by atoms with Gasteiger partial charge in [0.2, 0.25) is 6.41 Å². The van der Waals surface area contributed by atoms with E-state index in [9.17, 15) is 4.79 Å². The minimum Gasteiger partial charge on any atom is -0.313 e. The SMILES string of the molecule is Cc1c[c]cnc1NC=O. The molecule has 0 spiro atoms. The first-order valence-corrected chi connectivity index (χ1v) is 2.87. The van der Waals surface area contributed by atoms with E-state index in [4.69, 9.17) is 0 Å². The highest BCUT2D eigenvalue weighted by molar-refractivity contribution is 5.70. The number of aryl methyl sites for hydroxylation is 1. The van der Waals surface area contributed by atoms with Crippen LogP contribution in [0.3, 0.4) is 0 Å². The lowest BCUT2D eigenvalue weighted by atomic mass is 10.3. The first-order chi connectivity index (χ1) is 4.84. The summed E-state index contributed by atoms with van der Waals surface area (Å²) in [6.07, 6.45) is 2.12. The van der Waals surface area contributed by atoms with Gasteiger partial charge in [-0.15, -0.1) is 0 Å². The lowest BCUT2D eigenvalue weighted by Crippen LogP contribution is -1.98. The molecule has 1 aromatic heterocycles. The fraction of sp³-hybridized carbons (Fsp3) is 0.143. The highest BCUT2D eigenvalue weighted by Gasteiger charge is 1.93. The van der Waals surface area contributed by atoms with Gasteiger partial charge in [-0.3, -0.25) is 4.79 Å². The average Bonchev–Trinajstić information content (AvgIpc) is 1.94. The first kappa shape index (κ1) is 6.74. The highest BCUT2D eigenvalue weighted by atomic mass is 16.1. The van der Waals surface area contributed by atoms with Gasteiger partial charge in [0.25, 0.3) is 0 Å². The Balaban J connectivity index is 2.91. The summed E-state index contributed by atoms with van der Waals surface area (Å²) in [6, 6.07) is 4.56. The van der Waals surface area contributed by atoms with Gasteiger partial charge in [0.15, 0.2) is 0 Å². The van der Waals surface area contributed by atoms with Crippen LogP contribution in [0.4, 0.5) is 5.82 Å². The van der Waals surface area contributed by atoms with Crippen LogP contribution < -0.4 is 5.32 Å². The molecule has 0 saturated heterocycles. The van der Waals surface area contributed by atoms with Crippen molar-refractivity contribution < 1.29 is 4.79 Å². The van der Waals surface area contributed by atoms with E-state index < -0.39 is 0 Å². The largest absolute Gasteiger partial charge is 0.313 e. The molecule has 1 aromatic rings. The summed E-state index contributed by atoms with van der Waals surface area (Å²) in [6.45, 7) is 1.86. The second-order valence-corrected chi connectivity index (χ2v) is 1.86. The van der Waals surface area contributed by atoms with Crippen molar-refractivity contribution in [1.82, 2.24) is 4.98 Å². The molecule has 1 rings (SSSR count). The normalized spacial score (nSPS) is 8.90. The number of nitrogens with zero attached hydrogens (tertiary/aromatic N) is 1. The summed E-state index contributed by atoms with van der Waals surface area (Å²) < 4.78 is 0. The second-order valence-electron chi connectivity index (χ2n) is 1.86. The van der Waals surface area contributed by atoms with Gasteiger partial charge in [0.1, 0.15) is 5.82 Å². The fourth-order valence-corrected chi connectivity index (χ4v) is 0.641. The third-order valence-electron chi connectivity index (χ3n) is 1.14. The summed E-state index contributed by atoms with van der Waals surface area (Å²) in [5.74, 6) is 0.591. The van der Waals surface area contributed by atoms with Crippen molar-refractivity contribution in [3.63, 3.8) is 0 Å². The summed E-state index contributed by atoms with van der Waals surface area (Å²) >= 11 is 0. The van der Waals surface area contributed by atoms with Crippen molar-refractivity contribution in [3.05, 3.63) is 23.9 Å². The van der Waals surface area contributed by atoms with Gasteiger partial charge in [-0.1, -0.05) is 0 Å². The maximum atomic E-state index is 9.97. The van der Waals surface area contributed by atoms with Gasteiger partial charge in [0.05, 0.1) is 0 Å². The zero-order chi connectivity index (χ0) is 7.40. The summed E-state index contributed by atoms with van der Waals surface area (Å²) in [7, 11) is 0. The van der Waals surface area contributed by atoms with Crippen molar-refractivity contribution in [2.24, 2.45) is 0 Å². The van der Waals surface area contributed by atoms with Crippen LogP contribution in [0.25, 0.3) is 0 Å². The smallest absolute Gasteiger partial charge is 0.212 e. The molecule has 1 amide bonds. The number of nitrogens with one attached hydrogen (secondary N) is 1. The molecule has 0 aromatic carbocycles. The molecule has 0 fully saturated rings. The van der Waals surface area contributed by atoms with Crippen LogP contribution >= 0.6 is 0 Å². The van der Waals surface area contributed by atoms with Crippen LogP contribution in [0, 0.1) is 13.0 Å². The van der Waals surface area contributed by atoms with Gasteiger partial charge in [-0.05, 0) is 18.6 Å². The molecule has 3 heteroatoms. The predicted molar refractivity (Wildman–Crippen MR) is 37.5 cm³/mol. The molecule has 1 N–H and O–H groups in total. The molecule has 0 unspecified atom stereocenters. The number of amides is 1. The maximum Gasteiger partial charge on any atom is 0.212 e. The molecular weight excluding hydrogens is 128 g/mol. The van der Waals surface area contributed by atoms with Gasteiger partial charge in [0, 0.05) is 12.3 Å². The molecule has 0 aliphatic carbocycles. The zero-order valence-electron chi connectivity index (χ0n) is 5.59. The molecule has 10 heavy (non-hydrogen) atoms. The van der Waals surface area contributed by atoms with E-state index in [0.717, 1.165) is 5.56 Å². The van der Waals surface area contributed by atoms with Gasteiger partial charge in [-0.2, -0.15) is 0 Å². The quantitative estimate of drug-likeness (QED) is 0.608.